The molecule has 0 fully saturated rings. The fourth-order valence-corrected chi connectivity index (χ4v) is 7.91. The normalized spacial score (nSPS) is 13.0. The van der Waals surface area contributed by atoms with Gasteiger partial charge in [-0.1, -0.05) is 229 Å². The van der Waals surface area contributed by atoms with Gasteiger partial charge in [-0.25, -0.2) is 0 Å². The van der Waals surface area contributed by atoms with Crippen LogP contribution in [0.15, 0.2) is 48.6 Å². The van der Waals surface area contributed by atoms with Crippen molar-refractivity contribution in [3.63, 3.8) is 0 Å². The van der Waals surface area contributed by atoms with Crippen LogP contribution in [0.5, 0.6) is 0 Å². The first-order chi connectivity index (χ1) is 30.5. The van der Waals surface area contributed by atoms with E-state index in [1.54, 1.807) is 6.08 Å². The van der Waals surface area contributed by atoms with Crippen LogP contribution in [0, 0.1) is 0 Å². The van der Waals surface area contributed by atoms with Crippen LogP contribution in [-0.4, -0.2) is 47.4 Å². The van der Waals surface area contributed by atoms with Crippen molar-refractivity contribution in [1.29, 1.82) is 0 Å². The highest BCUT2D eigenvalue weighted by Crippen LogP contribution is 2.15. The van der Waals surface area contributed by atoms with Crippen molar-refractivity contribution in [2.24, 2.45) is 0 Å². The molecule has 6 nitrogen and oxygen atoms in total. The number of unbranched alkanes of at least 4 members (excludes halogenated alkanes) is 32. The van der Waals surface area contributed by atoms with Gasteiger partial charge in [0.05, 0.1) is 25.4 Å². The Labute approximate surface area is 385 Å². The molecule has 6 heteroatoms. The number of hydrogen-bond acceptors (Lipinski definition) is 5. The van der Waals surface area contributed by atoms with Gasteiger partial charge >= 0.3 is 5.97 Å². The number of ether oxygens (including phenoxy) is 1. The molecule has 0 aromatic heterocycles. The molecule has 2 atom stereocenters. The molecule has 2 unspecified atom stereocenters. The Kier molecular flexibility index (Phi) is 49.6. The lowest BCUT2D eigenvalue weighted by molar-refractivity contribution is -0.143. The van der Waals surface area contributed by atoms with E-state index in [1.165, 1.54) is 186 Å². The van der Waals surface area contributed by atoms with Crippen LogP contribution in [0.25, 0.3) is 0 Å². The van der Waals surface area contributed by atoms with Gasteiger partial charge in [0.2, 0.25) is 5.91 Å². The quantitative estimate of drug-likeness (QED) is 0.0322. The van der Waals surface area contributed by atoms with Crippen molar-refractivity contribution in [3.05, 3.63) is 48.6 Å². The summed E-state index contributed by atoms with van der Waals surface area (Å²) in [4.78, 5) is 24.4. The SMILES string of the molecule is CCCCCCCCC/C=C\CCCCCCCC(=O)OCCCCCCCC/C=C\C/C=C\CCC(=O)NC(CO)C(O)/C=C/CCCCCCCCCCCCCCCC. The van der Waals surface area contributed by atoms with Crippen LogP contribution in [-0.2, 0) is 14.3 Å². The predicted molar refractivity (Wildman–Crippen MR) is 269 cm³/mol. The van der Waals surface area contributed by atoms with Crippen molar-refractivity contribution in [2.75, 3.05) is 13.2 Å². The average Bonchev–Trinajstić information content (AvgIpc) is 3.27. The number of carbonyl (C=O) groups excluding carboxylic acids is 2. The summed E-state index contributed by atoms with van der Waals surface area (Å²) in [5.74, 6) is -0.176. The van der Waals surface area contributed by atoms with Crippen LogP contribution in [0.3, 0.4) is 0 Å². The first kappa shape index (κ1) is 59.8. The van der Waals surface area contributed by atoms with E-state index in [9.17, 15) is 19.8 Å². The van der Waals surface area contributed by atoms with Crippen LogP contribution >= 0.6 is 0 Å². The minimum absolute atomic E-state index is 0.0265. The molecule has 0 rings (SSSR count). The number of esters is 1. The maximum atomic E-state index is 12.4. The average molecular weight is 870 g/mol. The predicted octanol–water partition coefficient (Wildman–Crippen LogP) is 16.2. The van der Waals surface area contributed by atoms with E-state index in [0.717, 1.165) is 51.4 Å². The molecule has 3 N–H and O–H groups in total. The summed E-state index contributed by atoms with van der Waals surface area (Å²) < 4.78 is 5.45. The molecule has 362 valence electrons. The molecular weight excluding hydrogens is 767 g/mol. The van der Waals surface area contributed by atoms with Gasteiger partial charge < -0.3 is 20.3 Å². The first-order valence-electron chi connectivity index (χ1n) is 26.9. The third kappa shape index (κ3) is 47.3. The largest absolute Gasteiger partial charge is 0.466 e. The molecule has 0 aromatic carbocycles. The van der Waals surface area contributed by atoms with E-state index in [1.807, 2.05) is 12.2 Å². The molecule has 0 heterocycles. The van der Waals surface area contributed by atoms with Gasteiger partial charge in [0.25, 0.3) is 0 Å². The van der Waals surface area contributed by atoms with Gasteiger partial charge in [0.1, 0.15) is 0 Å². The highest BCUT2D eigenvalue weighted by Gasteiger charge is 2.17. The topological polar surface area (TPSA) is 95.9 Å². The monoisotopic (exact) mass is 870 g/mol. The molecule has 1 amide bonds. The summed E-state index contributed by atoms with van der Waals surface area (Å²) >= 11 is 0. The highest BCUT2D eigenvalue weighted by molar-refractivity contribution is 5.76. The van der Waals surface area contributed by atoms with E-state index in [2.05, 4.69) is 49.5 Å². The van der Waals surface area contributed by atoms with E-state index in [4.69, 9.17) is 4.74 Å². The summed E-state index contributed by atoms with van der Waals surface area (Å²) in [7, 11) is 0. The smallest absolute Gasteiger partial charge is 0.305 e. The van der Waals surface area contributed by atoms with Crippen LogP contribution in [0.2, 0.25) is 0 Å². The maximum Gasteiger partial charge on any atom is 0.305 e. The molecule has 0 saturated heterocycles. The lowest BCUT2D eigenvalue weighted by Crippen LogP contribution is -2.45. The minimum atomic E-state index is -0.880. The molecule has 0 aliphatic rings. The second-order valence-electron chi connectivity index (χ2n) is 18.2. The van der Waals surface area contributed by atoms with Gasteiger partial charge in [-0.05, 0) is 77.0 Å². The molecule has 0 bridgehead atoms. The standard InChI is InChI=1S/C56H103NO5/c1-3-5-7-9-11-13-15-17-19-21-24-28-32-36-40-44-48-54(59)53(52-58)57-55(60)49-45-41-37-33-29-25-23-27-31-35-39-43-47-51-62-56(61)50-46-42-38-34-30-26-22-20-18-16-14-12-10-8-6-4-2/h20,22,25,29,37,41,44,48,53-54,58-59H,3-19,21,23-24,26-28,30-36,38-40,42-43,45-47,49-52H2,1-2H3,(H,57,60)/b22-20-,29-25-,41-37-,48-44+. The second kappa shape index (κ2) is 51.5. The van der Waals surface area contributed by atoms with Crippen molar-refractivity contribution in [3.8, 4) is 0 Å². The Hall–Kier alpha value is -2.18. The van der Waals surface area contributed by atoms with Crippen LogP contribution in [0.1, 0.15) is 271 Å². The fraction of sp³-hybridized carbons (Fsp3) is 0.821. The van der Waals surface area contributed by atoms with Crippen molar-refractivity contribution < 1.29 is 24.5 Å². The summed E-state index contributed by atoms with van der Waals surface area (Å²) in [6.45, 7) is 4.83. The highest BCUT2D eigenvalue weighted by atomic mass is 16.5. The Morgan fingerprint density at radius 1 is 0.452 bits per heavy atom. The maximum absolute atomic E-state index is 12.4. The Morgan fingerprint density at radius 3 is 1.27 bits per heavy atom. The van der Waals surface area contributed by atoms with Crippen LogP contribution < -0.4 is 5.32 Å². The third-order valence-corrected chi connectivity index (χ3v) is 12.1. The first-order valence-corrected chi connectivity index (χ1v) is 26.9. The Bertz CT molecular complexity index is 1050. The molecule has 0 spiro atoms. The van der Waals surface area contributed by atoms with Crippen LogP contribution in [0.4, 0.5) is 0 Å². The van der Waals surface area contributed by atoms with E-state index >= 15 is 0 Å². The van der Waals surface area contributed by atoms with Gasteiger partial charge in [-0.2, -0.15) is 0 Å². The summed E-state index contributed by atoms with van der Waals surface area (Å²) in [6, 6.07) is -0.673. The van der Waals surface area contributed by atoms with Crippen molar-refractivity contribution in [1.82, 2.24) is 5.32 Å². The number of nitrogens with one attached hydrogen (secondary N) is 1. The van der Waals surface area contributed by atoms with E-state index < -0.39 is 12.1 Å². The number of amides is 1. The van der Waals surface area contributed by atoms with Gasteiger partial charge in [0.15, 0.2) is 0 Å². The van der Waals surface area contributed by atoms with Crippen molar-refractivity contribution >= 4 is 11.9 Å². The number of allylic oxidation sites excluding steroid dienone is 7. The van der Waals surface area contributed by atoms with E-state index in [-0.39, 0.29) is 18.5 Å². The number of carbonyl (C=O) groups is 2. The van der Waals surface area contributed by atoms with Gasteiger partial charge in [-0.15, -0.1) is 0 Å². The molecule has 0 saturated carbocycles. The zero-order chi connectivity index (χ0) is 45.1. The Balaban J connectivity index is 3.59. The number of rotatable bonds is 49. The molecule has 62 heavy (non-hydrogen) atoms. The number of aliphatic hydroxyl groups is 2. The molecule has 0 aliphatic heterocycles. The second-order valence-corrected chi connectivity index (χ2v) is 18.2. The minimum Gasteiger partial charge on any atom is -0.466 e. The number of hydrogen-bond donors (Lipinski definition) is 3. The molecule has 0 aliphatic carbocycles. The van der Waals surface area contributed by atoms with Gasteiger partial charge in [-0.3, -0.25) is 9.59 Å². The molecule has 0 aromatic rings. The molecular formula is C56H103NO5. The summed E-state index contributed by atoms with van der Waals surface area (Å²) in [5, 5.41) is 23.0. The summed E-state index contributed by atoms with van der Waals surface area (Å²) in [6.07, 6.45) is 64.1. The van der Waals surface area contributed by atoms with Crippen molar-refractivity contribution in [2.45, 2.75) is 283 Å². The lowest BCUT2D eigenvalue weighted by atomic mass is 10.0. The lowest BCUT2D eigenvalue weighted by Gasteiger charge is -2.19. The summed E-state index contributed by atoms with van der Waals surface area (Å²) in [5.41, 5.74) is 0. The molecule has 0 radical (unpaired) electrons. The number of aliphatic hydroxyl groups excluding tert-OH is 2. The zero-order valence-corrected chi connectivity index (χ0v) is 41.1. The fourth-order valence-electron chi connectivity index (χ4n) is 7.91. The Morgan fingerprint density at radius 2 is 0.823 bits per heavy atom. The van der Waals surface area contributed by atoms with E-state index in [0.29, 0.717) is 25.9 Å². The zero-order valence-electron chi connectivity index (χ0n) is 41.1. The third-order valence-electron chi connectivity index (χ3n) is 12.1. The van der Waals surface area contributed by atoms with Gasteiger partial charge in [0, 0.05) is 12.8 Å².